The highest BCUT2D eigenvalue weighted by atomic mass is 32.1. The Morgan fingerprint density at radius 2 is 2.17 bits per heavy atom. The number of hydrogen-bond donors (Lipinski definition) is 1. The summed E-state index contributed by atoms with van der Waals surface area (Å²) in [5, 5.41) is 0. The molecule has 18 heavy (non-hydrogen) atoms. The van der Waals surface area contributed by atoms with Crippen LogP contribution in [0.2, 0.25) is 0 Å². The van der Waals surface area contributed by atoms with Crippen molar-refractivity contribution in [2.45, 2.75) is 51.6 Å². The first kappa shape index (κ1) is 14.0. The molecule has 0 spiro atoms. The average molecular weight is 267 g/mol. The van der Waals surface area contributed by atoms with Crippen LogP contribution in [0.4, 0.5) is 0 Å². The summed E-state index contributed by atoms with van der Waals surface area (Å²) in [6, 6.07) is 0.534. The number of aromatic nitrogens is 1. The van der Waals surface area contributed by atoms with Crippen LogP contribution in [0, 0.1) is 12.8 Å². The molecule has 0 bridgehead atoms. The summed E-state index contributed by atoms with van der Waals surface area (Å²) in [5.74, 6) is 0.793. The van der Waals surface area contributed by atoms with E-state index in [9.17, 15) is 0 Å². The van der Waals surface area contributed by atoms with Gasteiger partial charge in [-0.15, -0.1) is 11.3 Å². The van der Waals surface area contributed by atoms with Crippen LogP contribution >= 0.6 is 11.3 Å². The molecular weight excluding hydrogens is 242 g/mol. The largest absolute Gasteiger partial charge is 0.329 e. The lowest BCUT2D eigenvalue weighted by atomic mass is 9.83. The Hall–Kier alpha value is -0.450. The van der Waals surface area contributed by atoms with Crippen molar-refractivity contribution >= 4 is 11.3 Å². The molecule has 1 aliphatic carbocycles. The maximum Gasteiger partial charge on any atom is 0.0798 e. The second kappa shape index (κ2) is 6.64. The van der Waals surface area contributed by atoms with Gasteiger partial charge >= 0.3 is 0 Å². The standard InChI is InChI=1S/C14H25N3S/c1-11-14(18-10-16-11)9-17(2)13(8-15)12-6-4-3-5-7-12/h10,12-13H,3-9,15H2,1-2H3. The van der Waals surface area contributed by atoms with E-state index in [1.165, 1.54) is 42.7 Å². The second-order valence-corrected chi connectivity index (χ2v) is 6.42. The molecule has 1 fully saturated rings. The first-order valence-electron chi connectivity index (χ1n) is 7.01. The Bertz CT molecular complexity index is 358. The summed E-state index contributed by atoms with van der Waals surface area (Å²) >= 11 is 1.76. The highest BCUT2D eigenvalue weighted by Gasteiger charge is 2.26. The summed E-state index contributed by atoms with van der Waals surface area (Å²) in [7, 11) is 2.21. The van der Waals surface area contributed by atoms with E-state index in [1.54, 1.807) is 11.3 Å². The maximum absolute atomic E-state index is 6.02. The van der Waals surface area contributed by atoms with Crippen LogP contribution in [0.5, 0.6) is 0 Å². The smallest absolute Gasteiger partial charge is 0.0798 e. The van der Waals surface area contributed by atoms with Gasteiger partial charge in [0.05, 0.1) is 11.2 Å². The summed E-state index contributed by atoms with van der Waals surface area (Å²) in [5.41, 5.74) is 9.13. The van der Waals surface area contributed by atoms with Crippen molar-refractivity contribution in [3.8, 4) is 0 Å². The van der Waals surface area contributed by atoms with Crippen molar-refractivity contribution < 1.29 is 0 Å². The molecule has 1 unspecified atom stereocenters. The lowest BCUT2D eigenvalue weighted by Crippen LogP contribution is -2.43. The third-order valence-corrected chi connectivity index (χ3v) is 5.16. The molecule has 0 saturated heterocycles. The average Bonchev–Trinajstić information content (AvgIpc) is 2.77. The van der Waals surface area contributed by atoms with Gasteiger partial charge in [0.1, 0.15) is 0 Å². The van der Waals surface area contributed by atoms with E-state index < -0.39 is 0 Å². The first-order valence-corrected chi connectivity index (χ1v) is 7.89. The third kappa shape index (κ3) is 3.31. The normalized spacial score (nSPS) is 19.3. The number of nitrogens with zero attached hydrogens (tertiary/aromatic N) is 2. The van der Waals surface area contributed by atoms with Gasteiger partial charge in [-0.3, -0.25) is 4.90 Å². The van der Waals surface area contributed by atoms with Gasteiger partial charge in [-0.25, -0.2) is 4.98 Å². The molecule has 1 saturated carbocycles. The van der Waals surface area contributed by atoms with Crippen LogP contribution in [-0.4, -0.2) is 29.5 Å². The summed E-state index contributed by atoms with van der Waals surface area (Å²) in [6.45, 7) is 3.87. The molecule has 2 rings (SSSR count). The van der Waals surface area contributed by atoms with Gasteiger partial charge < -0.3 is 5.73 Å². The molecule has 0 aromatic carbocycles. The van der Waals surface area contributed by atoms with E-state index in [0.717, 1.165) is 19.0 Å². The highest BCUT2D eigenvalue weighted by molar-refractivity contribution is 7.09. The first-order chi connectivity index (χ1) is 8.72. The molecule has 4 heteroatoms. The molecule has 102 valence electrons. The van der Waals surface area contributed by atoms with E-state index in [1.807, 2.05) is 5.51 Å². The topological polar surface area (TPSA) is 42.2 Å². The molecular formula is C14H25N3S. The van der Waals surface area contributed by atoms with Gasteiger partial charge in [-0.05, 0) is 32.7 Å². The zero-order valence-electron chi connectivity index (χ0n) is 11.6. The number of hydrogen-bond acceptors (Lipinski definition) is 4. The molecule has 0 aliphatic heterocycles. The molecule has 2 N–H and O–H groups in total. The van der Waals surface area contributed by atoms with Gasteiger partial charge in [0.15, 0.2) is 0 Å². The molecule has 1 aromatic heterocycles. The molecule has 1 atom stereocenters. The quantitative estimate of drug-likeness (QED) is 0.892. The molecule has 3 nitrogen and oxygen atoms in total. The summed E-state index contributed by atoms with van der Waals surface area (Å²) in [4.78, 5) is 8.15. The van der Waals surface area contributed by atoms with Crippen LogP contribution in [0.15, 0.2) is 5.51 Å². The maximum atomic E-state index is 6.02. The van der Waals surface area contributed by atoms with Gasteiger partial charge in [-0.1, -0.05) is 19.3 Å². The molecule has 0 amide bonds. The van der Waals surface area contributed by atoms with Crippen molar-refractivity contribution in [2.75, 3.05) is 13.6 Å². The Balaban J connectivity index is 1.96. The van der Waals surface area contributed by atoms with Crippen molar-refractivity contribution in [1.82, 2.24) is 9.88 Å². The second-order valence-electron chi connectivity index (χ2n) is 5.48. The SMILES string of the molecule is Cc1ncsc1CN(C)C(CN)C1CCCCC1. The van der Waals surface area contributed by atoms with Crippen LogP contribution in [0.3, 0.4) is 0 Å². The van der Waals surface area contributed by atoms with E-state index in [-0.39, 0.29) is 0 Å². The van der Waals surface area contributed by atoms with E-state index in [2.05, 4.69) is 23.9 Å². The Labute approximate surface area is 114 Å². The van der Waals surface area contributed by atoms with Gasteiger partial charge in [0, 0.05) is 24.0 Å². The van der Waals surface area contributed by atoms with Crippen molar-refractivity contribution in [2.24, 2.45) is 11.7 Å². The number of nitrogens with two attached hydrogens (primary N) is 1. The Morgan fingerprint density at radius 3 is 2.72 bits per heavy atom. The lowest BCUT2D eigenvalue weighted by Gasteiger charge is -2.35. The van der Waals surface area contributed by atoms with E-state index in [4.69, 9.17) is 5.73 Å². The summed E-state index contributed by atoms with van der Waals surface area (Å²) < 4.78 is 0. The fourth-order valence-electron chi connectivity index (χ4n) is 3.07. The van der Waals surface area contributed by atoms with E-state index >= 15 is 0 Å². The van der Waals surface area contributed by atoms with Crippen LogP contribution in [0.25, 0.3) is 0 Å². The molecule has 1 heterocycles. The number of likely N-dealkylation sites (N-methyl/N-ethyl adjacent to an activating group) is 1. The fraction of sp³-hybridized carbons (Fsp3) is 0.786. The minimum absolute atomic E-state index is 0.534. The number of thiazole rings is 1. The predicted octanol–water partition coefficient (Wildman–Crippen LogP) is 2.79. The lowest BCUT2D eigenvalue weighted by molar-refractivity contribution is 0.143. The Morgan fingerprint density at radius 1 is 1.44 bits per heavy atom. The Kier molecular flexibility index (Phi) is 5.15. The minimum atomic E-state index is 0.534. The van der Waals surface area contributed by atoms with Gasteiger partial charge in [0.25, 0.3) is 0 Å². The number of rotatable bonds is 5. The molecule has 1 aromatic rings. The fourth-order valence-corrected chi connectivity index (χ4v) is 3.91. The zero-order chi connectivity index (χ0) is 13.0. The monoisotopic (exact) mass is 267 g/mol. The van der Waals surface area contributed by atoms with Crippen LogP contribution < -0.4 is 5.73 Å². The van der Waals surface area contributed by atoms with Gasteiger partial charge in [-0.2, -0.15) is 0 Å². The summed E-state index contributed by atoms with van der Waals surface area (Å²) in [6.07, 6.45) is 6.89. The minimum Gasteiger partial charge on any atom is -0.329 e. The van der Waals surface area contributed by atoms with Gasteiger partial charge in [0.2, 0.25) is 0 Å². The van der Waals surface area contributed by atoms with Crippen molar-refractivity contribution in [3.05, 3.63) is 16.1 Å². The molecule has 0 radical (unpaired) electrons. The highest BCUT2D eigenvalue weighted by Crippen LogP contribution is 2.29. The predicted molar refractivity (Wildman–Crippen MR) is 77.7 cm³/mol. The number of aryl methyl sites for hydroxylation is 1. The third-order valence-electron chi connectivity index (χ3n) is 4.24. The van der Waals surface area contributed by atoms with Crippen molar-refractivity contribution in [3.63, 3.8) is 0 Å². The van der Waals surface area contributed by atoms with E-state index in [0.29, 0.717) is 6.04 Å². The molecule has 1 aliphatic rings. The van der Waals surface area contributed by atoms with Crippen LogP contribution in [0.1, 0.15) is 42.7 Å². The van der Waals surface area contributed by atoms with Crippen LogP contribution in [-0.2, 0) is 6.54 Å². The van der Waals surface area contributed by atoms with Crippen molar-refractivity contribution in [1.29, 1.82) is 0 Å². The zero-order valence-corrected chi connectivity index (χ0v) is 12.4.